The molecular formula is C40H50BrN6O5Si. The van der Waals surface area contributed by atoms with E-state index in [9.17, 15) is 14.4 Å². The Morgan fingerprint density at radius 3 is 2.42 bits per heavy atom. The first-order chi connectivity index (χ1) is 25.0. The highest BCUT2D eigenvalue weighted by molar-refractivity contribution is 9.10. The van der Waals surface area contributed by atoms with Crippen molar-refractivity contribution in [1.82, 2.24) is 14.9 Å². The second-order valence-corrected chi connectivity index (χ2v) is 20.1. The summed E-state index contributed by atoms with van der Waals surface area (Å²) in [6.07, 6.45) is 3.77. The van der Waals surface area contributed by atoms with Gasteiger partial charge >= 0.3 is 12.2 Å². The lowest BCUT2D eigenvalue weighted by Gasteiger charge is -2.44. The summed E-state index contributed by atoms with van der Waals surface area (Å²) < 4.78 is 12.2. The van der Waals surface area contributed by atoms with Crippen LogP contribution in [0.15, 0.2) is 77.5 Å². The minimum Gasteiger partial charge on any atom is -0.444 e. The lowest BCUT2D eigenvalue weighted by atomic mass is 9.94. The third-order valence-corrected chi connectivity index (χ3v) is 13.1. The van der Waals surface area contributed by atoms with Gasteiger partial charge in [-0.2, -0.15) is 0 Å². The van der Waals surface area contributed by atoms with Crippen molar-refractivity contribution in [2.45, 2.75) is 84.7 Å². The zero-order valence-electron chi connectivity index (χ0n) is 31.8. The molecule has 53 heavy (non-hydrogen) atoms. The summed E-state index contributed by atoms with van der Waals surface area (Å²) in [6, 6.07) is 18.4. The highest BCUT2D eigenvalue weighted by Crippen LogP contribution is 2.34. The van der Waals surface area contributed by atoms with Crippen molar-refractivity contribution in [1.29, 1.82) is 0 Å². The van der Waals surface area contributed by atoms with E-state index in [-0.39, 0.29) is 41.1 Å². The standard InChI is InChI=1S/C40H50BrN6O5Si/c1-26-18-30(47(25-53(8)40(5,6)7)38(50)52-39(2,3)4)23-46(22-26)34-16-17-42-21-33(34)44-36(48)35-32(19-28-14-15-29(41)20-31(28)43-35)45-37(49)51-24-27-12-10-9-11-13-27/h9-17,19-21,26,30H,18,22-25H2,1-8H3,(H,44,48)(H,45,49)/t26-,30+/m1/s1. The number of pyridine rings is 2. The van der Waals surface area contributed by atoms with E-state index >= 15 is 0 Å². The van der Waals surface area contributed by atoms with Crippen molar-refractivity contribution in [2.75, 3.05) is 34.8 Å². The molecule has 2 aromatic heterocycles. The molecular weight excluding hydrogens is 752 g/mol. The van der Waals surface area contributed by atoms with Gasteiger partial charge in [0.2, 0.25) is 0 Å². The van der Waals surface area contributed by atoms with Crippen molar-refractivity contribution in [2.24, 2.45) is 5.92 Å². The molecule has 0 bridgehead atoms. The Hall–Kier alpha value is -4.49. The summed E-state index contributed by atoms with van der Waals surface area (Å²) >= 11 is 3.49. The van der Waals surface area contributed by atoms with Gasteiger partial charge in [0.25, 0.3) is 5.91 Å². The van der Waals surface area contributed by atoms with E-state index in [4.69, 9.17) is 9.47 Å². The lowest BCUT2D eigenvalue weighted by molar-refractivity contribution is 0.0170. The Bertz CT molecular complexity index is 1930. The molecule has 0 saturated carbocycles. The van der Waals surface area contributed by atoms with Crippen molar-refractivity contribution in [3.05, 3.63) is 88.8 Å². The lowest BCUT2D eigenvalue weighted by Crippen LogP contribution is -2.56. The van der Waals surface area contributed by atoms with Crippen LogP contribution in [-0.2, 0) is 16.1 Å². The van der Waals surface area contributed by atoms with Crippen LogP contribution in [0.1, 0.15) is 70.9 Å². The van der Waals surface area contributed by atoms with Gasteiger partial charge in [-0.15, -0.1) is 0 Å². The van der Waals surface area contributed by atoms with Crippen LogP contribution >= 0.6 is 15.9 Å². The van der Waals surface area contributed by atoms with E-state index in [1.54, 1.807) is 18.5 Å². The van der Waals surface area contributed by atoms with Gasteiger partial charge in [-0.05, 0) is 68.0 Å². The summed E-state index contributed by atoms with van der Waals surface area (Å²) in [7, 11) is -0.962. The first kappa shape index (κ1) is 39.7. The zero-order valence-corrected chi connectivity index (χ0v) is 34.4. The van der Waals surface area contributed by atoms with E-state index < -0.39 is 26.4 Å². The Morgan fingerprint density at radius 2 is 1.72 bits per heavy atom. The number of nitrogens with zero attached hydrogens (tertiary/aromatic N) is 4. The number of carbonyl (C=O) groups is 3. The molecule has 281 valence electrons. The Balaban J connectivity index is 1.42. The molecule has 0 unspecified atom stereocenters. The highest BCUT2D eigenvalue weighted by Gasteiger charge is 2.37. The number of nitrogens with one attached hydrogen (secondary N) is 2. The molecule has 1 radical (unpaired) electrons. The SMILES string of the molecule is C[C@@H]1C[C@H](N(C[Si](C)C(C)(C)C)C(=O)OC(C)(C)C)CN(c2ccncc2NC(=O)c2nc3cc(Br)ccc3cc2NC(=O)OCc2ccccc2)C1. The summed E-state index contributed by atoms with van der Waals surface area (Å²) in [5.41, 5.74) is 2.25. The molecule has 5 rings (SSSR count). The van der Waals surface area contributed by atoms with Gasteiger partial charge in [-0.3, -0.25) is 15.1 Å². The Kier molecular flexibility index (Phi) is 12.5. The third kappa shape index (κ3) is 10.8. The normalized spacial score (nSPS) is 16.3. The first-order valence-electron chi connectivity index (χ1n) is 17.9. The number of carbonyl (C=O) groups excluding carboxylic acids is 3. The van der Waals surface area contributed by atoms with E-state index in [2.05, 4.69) is 75.7 Å². The maximum absolute atomic E-state index is 14.1. The van der Waals surface area contributed by atoms with Crippen molar-refractivity contribution < 1.29 is 23.9 Å². The van der Waals surface area contributed by atoms with Crippen LogP contribution in [0.4, 0.5) is 26.7 Å². The van der Waals surface area contributed by atoms with Gasteiger partial charge in [0.1, 0.15) is 12.2 Å². The van der Waals surface area contributed by atoms with Crippen LogP contribution < -0.4 is 15.5 Å². The minimum absolute atomic E-state index is 0.0165. The molecule has 4 aromatic rings. The smallest absolute Gasteiger partial charge is 0.412 e. The monoisotopic (exact) mass is 801 g/mol. The molecule has 11 nitrogen and oxygen atoms in total. The van der Waals surface area contributed by atoms with Crippen LogP contribution in [0.25, 0.3) is 10.9 Å². The number of anilines is 3. The number of fused-ring (bicyclic) bond motifs is 1. The second-order valence-electron chi connectivity index (χ2n) is 15.8. The predicted molar refractivity (Wildman–Crippen MR) is 216 cm³/mol. The number of piperidine rings is 1. The maximum atomic E-state index is 14.1. The fourth-order valence-electron chi connectivity index (χ4n) is 6.12. The Labute approximate surface area is 322 Å². The van der Waals surface area contributed by atoms with Gasteiger partial charge in [-0.25, -0.2) is 14.6 Å². The van der Waals surface area contributed by atoms with Crippen molar-refractivity contribution >= 4 is 70.8 Å². The Morgan fingerprint density at radius 1 is 0.981 bits per heavy atom. The number of benzene rings is 2. The summed E-state index contributed by atoms with van der Waals surface area (Å²) in [5.74, 6) is -0.282. The molecule has 1 aliphatic heterocycles. The van der Waals surface area contributed by atoms with Gasteiger partial charge < -0.3 is 24.6 Å². The maximum Gasteiger partial charge on any atom is 0.412 e. The number of rotatable bonds is 9. The average molecular weight is 803 g/mol. The summed E-state index contributed by atoms with van der Waals surface area (Å²) in [5, 5.41) is 6.59. The molecule has 0 spiro atoms. The van der Waals surface area contributed by atoms with Crippen molar-refractivity contribution in [3.63, 3.8) is 0 Å². The number of aromatic nitrogens is 2. The number of hydrogen-bond donors (Lipinski definition) is 2. The second kappa shape index (κ2) is 16.7. The zero-order chi connectivity index (χ0) is 38.5. The van der Waals surface area contributed by atoms with Crippen LogP contribution in [0.2, 0.25) is 11.6 Å². The fraction of sp³-hybridized carbons (Fsp3) is 0.425. The summed E-state index contributed by atoms with van der Waals surface area (Å²) in [6.45, 7) is 18.2. The number of hydrogen-bond acceptors (Lipinski definition) is 8. The molecule has 2 aromatic carbocycles. The first-order valence-corrected chi connectivity index (χ1v) is 20.9. The molecule has 13 heteroatoms. The predicted octanol–water partition coefficient (Wildman–Crippen LogP) is 9.31. The van der Waals surface area contributed by atoms with E-state index in [0.717, 1.165) is 34.1 Å². The molecule has 0 aliphatic carbocycles. The van der Waals surface area contributed by atoms with Gasteiger partial charge in [0.15, 0.2) is 5.69 Å². The molecule has 3 heterocycles. The topological polar surface area (TPSA) is 126 Å². The highest BCUT2D eigenvalue weighted by atomic mass is 79.9. The molecule has 1 fully saturated rings. The largest absolute Gasteiger partial charge is 0.444 e. The number of halogens is 1. The van der Waals surface area contributed by atoms with Crippen molar-refractivity contribution in [3.8, 4) is 0 Å². The molecule has 2 atom stereocenters. The van der Waals surface area contributed by atoms with Crippen LogP contribution in [0.5, 0.6) is 0 Å². The quantitative estimate of drug-likeness (QED) is 0.161. The van der Waals surface area contributed by atoms with Crippen LogP contribution in [0.3, 0.4) is 0 Å². The van der Waals surface area contributed by atoms with Gasteiger partial charge in [0.05, 0.1) is 43.6 Å². The molecule has 1 saturated heterocycles. The minimum atomic E-state index is -0.962. The van der Waals surface area contributed by atoms with Gasteiger partial charge in [0, 0.05) is 35.3 Å². The van der Waals surface area contributed by atoms with Gasteiger partial charge in [-0.1, -0.05) is 86.6 Å². The number of ether oxygens (including phenoxy) is 2. The summed E-state index contributed by atoms with van der Waals surface area (Å²) in [4.78, 5) is 54.1. The molecule has 1 aliphatic rings. The fourth-order valence-corrected chi connectivity index (χ4v) is 7.84. The molecule has 3 amide bonds. The van der Waals surface area contributed by atoms with E-state index in [0.29, 0.717) is 23.9 Å². The van der Waals surface area contributed by atoms with E-state index in [1.807, 2.05) is 80.3 Å². The average Bonchev–Trinajstić information content (AvgIpc) is 3.08. The van der Waals surface area contributed by atoms with Crippen LogP contribution in [0, 0.1) is 5.92 Å². The van der Waals surface area contributed by atoms with Crippen LogP contribution in [-0.4, -0.2) is 72.7 Å². The molecule has 2 N–H and O–H groups in total. The number of amides is 3. The van der Waals surface area contributed by atoms with E-state index in [1.165, 1.54) is 0 Å². The third-order valence-electron chi connectivity index (χ3n) is 9.23.